The maximum atomic E-state index is 9.34. The lowest BCUT2D eigenvalue weighted by molar-refractivity contribution is 0.644. The van der Waals surface area contributed by atoms with E-state index in [4.69, 9.17) is 10.7 Å². The van der Waals surface area contributed by atoms with Crippen LogP contribution in [0, 0.1) is 11.3 Å². The Bertz CT molecular complexity index is 857. The molecule has 4 nitrogen and oxygen atoms in total. The van der Waals surface area contributed by atoms with Crippen LogP contribution < -0.4 is 5.73 Å². The zero-order chi connectivity index (χ0) is 16.8. The van der Waals surface area contributed by atoms with Crippen LogP contribution in [0.15, 0.2) is 48.5 Å². The van der Waals surface area contributed by atoms with Gasteiger partial charge in [0.25, 0.3) is 0 Å². The number of benzene rings is 2. The van der Waals surface area contributed by atoms with E-state index in [0.29, 0.717) is 6.54 Å². The summed E-state index contributed by atoms with van der Waals surface area (Å²) in [5, 5.41) is 9.34. The molecular formula is C20H22N4. The summed E-state index contributed by atoms with van der Waals surface area (Å²) >= 11 is 0. The van der Waals surface area contributed by atoms with E-state index in [1.54, 1.807) is 0 Å². The van der Waals surface area contributed by atoms with E-state index in [-0.39, 0.29) is 0 Å². The normalized spacial score (nSPS) is 10.8. The van der Waals surface area contributed by atoms with Crippen molar-refractivity contribution < 1.29 is 0 Å². The van der Waals surface area contributed by atoms with Crippen molar-refractivity contribution in [1.82, 2.24) is 9.55 Å². The number of imidazole rings is 1. The quantitative estimate of drug-likeness (QED) is 0.676. The SMILES string of the molecule is N#Cc1ccccc1Cn1c(CCCCCN)nc2ccccc21. The van der Waals surface area contributed by atoms with Crippen molar-refractivity contribution in [2.75, 3.05) is 6.54 Å². The number of fused-ring (bicyclic) bond motifs is 1. The molecule has 1 heterocycles. The van der Waals surface area contributed by atoms with E-state index in [2.05, 4.69) is 16.7 Å². The second-order valence-corrected chi connectivity index (χ2v) is 5.97. The van der Waals surface area contributed by atoms with Gasteiger partial charge in [-0.25, -0.2) is 4.98 Å². The highest BCUT2D eigenvalue weighted by Gasteiger charge is 2.12. The molecule has 122 valence electrons. The predicted octanol–water partition coefficient (Wildman–Crippen LogP) is 3.63. The van der Waals surface area contributed by atoms with Gasteiger partial charge >= 0.3 is 0 Å². The molecule has 0 aliphatic heterocycles. The lowest BCUT2D eigenvalue weighted by atomic mass is 10.1. The Hall–Kier alpha value is -2.64. The molecule has 0 fully saturated rings. The number of rotatable bonds is 7. The minimum absolute atomic E-state index is 0.677. The van der Waals surface area contributed by atoms with Crippen LogP contribution in [0.3, 0.4) is 0 Å². The van der Waals surface area contributed by atoms with Gasteiger partial charge in [-0.05, 0) is 43.1 Å². The lowest BCUT2D eigenvalue weighted by Crippen LogP contribution is -2.07. The van der Waals surface area contributed by atoms with Crippen LogP contribution >= 0.6 is 0 Å². The summed E-state index contributed by atoms with van der Waals surface area (Å²) in [6.45, 7) is 1.42. The zero-order valence-corrected chi connectivity index (χ0v) is 13.8. The summed E-state index contributed by atoms with van der Waals surface area (Å²) in [6.07, 6.45) is 4.19. The van der Waals surface area contributed by atoms with Gasteiger partial charge in [-0.2, -0.15) is 5.26 Å². The van der Waals surface area contributed by atoms with Crippen molar-refractivity contribution in [3.8, 4) is 6.07 Å². The van der Waals surface area contributed by atoms with Crippen LogP contribution in [-0.4, -0.2) is 16.1 Å². The maximum absolute atomic E-state index is 9.34. The van der Waals surface area contributed by atoms with Gasteiger partial charge in [0.1, 0.15) is 5.82 Å². The van der Waals surface area contributed by atoms with E-state index >= 15 is 0 Å². The Labute approximate surface area is 142 Å². The first-order valence-corrected chi connectivity index (χ1v) is 8.45. The molecule has 0 unspecified atom stereocenters. The topological polar surface area (TPSA) is 67.6 Å². The molecule has 1 aromatic heterocycles. The summed E-state index contributed by atoms with van der Waals surface area (Å²) in [5.74, 6) is 1.08. The van der Waals surface area contributed by atoms with Gasteiger partial charge in [-0.1, -0.05) is 36.8 Å². The van der Waals surface area contributed by atoms with Gasteiger partial charge in [-0.3, -0.25) is 0 Å². The highest BCUT2D eigenvalue weighted by Crippen LogP contribution is 2.20. The Balaban J connectivity index is 1.94. The van der Waals surface area contributed by atoms with Gasteiger partial charge < -0.3 is 10.3 Å². The van der Waals surface area contributed by atoms with Crippen molar-refractivity contribution in [2.45, 2.75) is 32.2 Å². The number of hydrogen-bond donors (Lipinski definition) is 1. The molecule has 0 saturated heterocycles. The van der Waals surface area contributed by atoms with Crippen LogP contribution in [0.2, 0.25) is 0 Å². The standard InChI is InChI=1S/C20H22N4/c21-13-7-1-2-12-20-23-18-10-5-6-11-19(18)24(20)15-17-9-4-3-8-16(17)14-22/h3-6,8-11H,1-2,7,12-13,15,21H2. The van der Waals surface area contributed by atoms with Crippen molar-refractivity contribution in [1.29, 1.82) is 5.26 Å². The molecular weight excluding hydrogens is 296 g/mol. The molecule has 0 amide bonds. The van der Waals surface area contributed by atoms with Gasteiger partial charge in [0, 0.05) is 6.42 Å². The highest BCUT2D eigenvalue weighted by atomic mass is 15.1. The van der Waals surface area contributed by atoms with E-state index < -0.39 is 0 Å². The fraction of sp³-hybridized carbons (Fsp3) is 0.300. The minimum atomic E-state index is 0.677. The number of aryl methyl sites for hydroxylation is 1. The third-order valence-electron chi connectivity index (χ3n) is 4.30. The van der Waals surface area contributed by atoms with Gasteiger partial charge in [0.15, 0.2) is 0 Å². The molecule has 2 aromatic carbocycles. The smallest absolute Gasteiger partial charge is 0.110 e. The molecule has 4 heteroatoms. The van der Waals surface area contributed by atoms with Crippen LogP contribution in [0.5, 0.6) is 0 Å². The Morgan fingerprint density at radius 2 is 1.79 bits per heavy atom. The first-order chi connectivity index (χ1) is 11.8. The molecule has 2 N–H and O–H groups in total. The minimum Gasteiger partial charge on any atom is -0.330 e. The van der Waals surface area contributed by atoms with Crippen molar-refractivity contribution in [3.63, 3.8) is 0 Å². The van der Waals surface area contributed by atoms with E-state index in [1.807, 2.05) is 42.5 Å². The number of nitrogens with two attached hydrogens (primary N) is 1. The number of aromatic nitrogens is 2. The summed E-state index contributed by atoms with van der Waals surface area (Å²) in [6, 6.07) is 18.3. The molecule has 3 aromatic rings. The number of nitriles is 1. The molecule has 24 heavy (non-hydrogen) atoms. The third kappa shape index (κ3) is 3.47. The Morgan fingerprint density at radius 1 is 1.00 bits per heavy atom. The summed E-state index contributed by atoms with van der Waals surface area (Å²) in [7, 11) is 0. The van der Waals surface area contributed by atoms with E-state index in [1.165, 1.54) is 0 Å². The Kier molecular flexibility index (Phi) is 5.25. The molecule has 0 bridgehead atoms. The number of para-hydroxylation sites is 2. The number of nitrogens with zero attached hydrogens (tertiary/aromatic N) is 3. The van der Waals surface area contributed by atoms with Crippen molar-refractivity contribution in [2.24, 2.45) is 5.73 Å². The summed E-state index contributed by atoms with van der Waals surface area (Å²) in [5.41, 5.74) is 9.48. The molecule has 0 atom stereocenters. The maximum Gasteiger partial charge on any atom is 0.110 e. The van der Waals surface area contributed by atoms with E-state index in [9.17, 15) is 5.26 Å². The fourth-order valence-corrected chi connectivity index (χ4v) is 3.03. The predicted molar refractivity (Wildman–Crippen MR) is 96.6 cm³/mol. The number of hydrogen-bond acceptors (Lipinski definition) is 3. The first-order valence-electron chi connectivity index (χ1n) is 8.45. The zero-order valence-electron chi connectivity index (χ0n) is 13.8. The largest absolute Gasteiger partial charge is 0.330 e. The molecule has 3 rings (SSSR count). The molecule has 0 spiro atoms. The van der Waals surface area contributed by atoms with Crippen LogP contribution in [0.1, 0.15) is 36.2 Å². The second-order valence-electron chi connectivity index (χ2n) is 5.97. The van der Waals surface area contributed by atoms with Crippen molar-refractivity contribution in [3.05, 3.63) is 65.5 Å². The molecule has 0 aliphatic rings. The van der Waals surface area contributed by atoms with Gasteiger partial charge in [0.2, 0.25) is 0 Å². The summed E-state index contributed by atoms with van der Waals surface area (Å²) < 4.78 is 2.24. The number of unbranched alkanes of at least 4 members (excludes halogenated alkanes) is 2. The molecule has 0 saturated carbocycles. The second kappa shape index (κ2) is 7.76. The third-order valence-corrected chi connectivity index (χ3v) is 4.30. The fourth-order valence-electron chi connectivity index (χ4n) is 3.03. The van der Waals surface area contributed by atoms with Crippen LogP contribution in [0.25, 0.3) is 11.0 Å². The monoisotopic (exact) mass is 318 g/mol. The summed E-state index contributed by atoms with van der Waals surface area (Å²) in [4.78, 5) is 4.81. The first kappa shape index (κ1) is 16.2. The van der Waals surface area contributed by atoms with Gasteiger partial charge in [-0.15, -0.1) is 0 Å². The molecule has 0 aliphatic carbocycles. The Morgan fingerprint density at radius 3 is 2.62 bits per heavy atom. The molecule has 0 radical (unpaired) electrons. The van der Waals surface area contributed by atoms with Crippen molar-refractivity contribution >= 4 is 11.0 Å². The van der Waals surface area contributed by atoms with Gasteiger partial charge in [0.05, 0.1) is 29.2 Å². The average molecular weight is 318 g/mol. The van der Waals surface area contributed by atoms with Crippen LogP contribution in [-0.2, 0) is 13.0 Å². The highest BCUT2D eigenvalue weighted by molar-refractivity contribution is 5.76. The van der Waals surface area contributed by atoms with Crippen LogP contribution in [0.4, 0.5) is 0 Å². The average Bonchev–Trinajstić information content (AvgIpc) is 2.97. The lowest BCUT2D eigenvalue weighted by Gasteiger charge is -2.10. The van der Waals surface area contributed by atoms with E-state index in [0.717, 1.165) is 60.2 Å².